The quantitative estimate of drug-likeness (QED) is 0.273. The van der Waals surface area contributed by atoms with Crippen LogP contribution in [0.4, 0.5) is 4.79 Å². The Labute approximate surface area is 197 Å². The number of benzene rings is 1. The summed E-state index contributed by atoms with van der Waals surface area (Å²) in [5.41, 5.74) is 1.76. The number of carbonyl (C=O) groups is 3. The standard InChI is InChI=1S/C22H20N4O3S3/c27-19(8-4-12-30-21-25-16-6-1-2-7-17(16)31-21)24-10-11-26-20(28)18(32-22(26)29)13-15-5-3-9-23-14-15/h1-3,5-7,9,13-14H,4,8,10-12H2,(H,24,27)/b18-13-. The van der Waals surface area contributed by atoms with Crippen molar-refractivity contribution in [3.8, 4) is 0 Å². The van der Waals surface area contributed by atoms with E-state index in [0.717, 1.165) is 49.0 Å². The van der Waals surface area contributed by atoms with Gasteiger partial charge in [-0.05, 0) is 48.0 Å². The predicted molar refractivity (Wildman–Crippen MR) is 130 cm³/mol. The van der Waals surface area contributed by atoms with Crippen LogP contribution in [0.2, 0.25) is 0 Å². The van der Waals surface area contributed by atoms with Crippen LogP contribution in [0.15, 0.2) is 58.0 Å². The van der Waals surface area contributed by atoms with Gasteiger partial charge in [-0.2, -0.15) is 0 Å². The molecule has 32 heavy (non-hydrogen) atoms. The van der Waals surface area contributed by atoms with Crippen LogP contribution in [0.5, 0.6) is 0 Å². The topological polar surface area (TPSA) is 92.3 Å². The van der Waals surface area contributed by atoms with Gasteiger partial charge in [-0.25, -0.2) is 4.98 Å². The highest BCUT2D eigenvalue weighted by Crippen LogP contribution is 2.32. The van der Waals surface area contributed by atoms with Gasteiger partial charge in [-0.1, -0.05) is 30.0 Å². The van der Waals surface area contributed by atoms with Crippen LogP contribution in [-0.2, 0) is 9.59 Å². The molecular weight excluding hydrogens is 464 g/mol. The Kier molecular flexibility index (Phi) is 7.56. The Morgan fingerprint density at radius 2 is 2.06 bits per heavy atom. The van der Waals surface area contributed by atoms with E-state index in [9.17, 15) is 14.4 Å². The van der Waals surface area contributed by atoms with Crippen LogP contribution in [0.3, 0.4) is 0 Å². The zero-order chi connectivity index (χ0) is 22.3. The molecule has 1 aliphatic rings. The second-order valence-corrected chi connectivity index (χ2v) is 10.2. The van der Waals surface area contributed by atoms with Gasteiger partial charge in [-0.15, -0.1) is 11.3 Å². The molecule has 0 unspecified atom stereocenters. The molecule has 4 rings (SSSR count). The Morgan fingerprint density at radius 1 is 1.19 bits per heavy atom. The van der Waals surface area contributed by atoms with Crippen molar-refractivity contribution in [2.75, 3.05) is 18.8 Å². The van der Waals surface area contributed by atoms with E-state index in [1.54, 1.807) is 47.6 Å². The first kappa shape index (κ1) is 22.5. The number of nitrogens with zero attached hydrogens (tertiary/aromatic N) is 3. The lowest BCUT2D eigenvalue weighted by atomic mass is 10.2. The van der Waals surface area contributed by atoms with Crippen molar-refractivity contribution in [2.24, 2.45) is 0 Å². The maximum absolute atomic E-state index is 12.5. The Morgan fingerprint density at radius 3 is 2.88 bits per heavy atom. The van der Waals surface area contributed by atoms with Gasteiger partial charge in [0.15, 0.2) is 4.34 Å². The first-order valence-electron chi connectivity index (χ1n) is 10.0. The van der Waals surface area contributed by atoms with Crippen LogP contribution < -0.4 is 5.32 Å². The molecule has 0 aliphatic carbocycles. The highest BCUT2D eigenvalue weighted by Gasteiger charge is 2.34. The maximum atomic E-state index is 12.5. The Hall–Kier alpha value is -2.69. The summed E-state index contributed by atoms with van der Waals surface area (Å²) >= 11 is 4.21. The zero-order valence-electron chi connectivity index (χ0n) is 17.0. The van der Waals surface area contributed by atoms with Crippen LogP contribution in [-0.4, -0.2) is 50.8 Å². The van der Waals surface area contributed by atoms with Crippen LogP contribution >= 0.6 is 34.9 Å². The fourth-order valence-electron chi connectivity index (χ4n) is 3.01. The number of imide groups is 1. The molecule has 1 fully saturated rings. The third-order valence-electron chi connectivity index (χ3n) is 4.56. The molecule has 10 heteroatoms. The van der Waals surface area contributed by atoms with E-state index in [2.05, 4.69) is 21.4 Å². The van der Waals surface area contributed by atoms with Crippen molar-refractivity contribution < 1.29 is 14.4 Å². The molecule has 2 aromatic heterocycles. The van der Waals surface area contributed by atoms with E-state index >= 15 is 0 Å². The predicted octanol–water partition coefficient (Wildman–Crippen LogP) is 4.42. The molecular formula is C22H20N4O3S3. The van der Waals surface area contributed by atoms with E-state index in [0.29, 0.717) is 11.3 Å². The van der Waals surface area contributed by atoms with Crippen molar-refractivity contribution in [1.82, 2.24) is 20.2 Å². The average Bonchev–Trinajstić information content (AvgIpc) is 3.33. The maximum Gasteiger partial charge on any atom is 0.293 e. The van der Waals surface area contributed by atoms with Gasteiger partial charge in [-0.3, -0.25) is 24.3 Å². The number of fused-ring (bicyclic) bond motifs is 1. The molecule has 3 heterocycles. The molecule has 1 aliphatic heterocycles. The molecule has 0 atom stereocenters. The number of pyridine rings is 1. The van der Waals surface area contributed by atoms with Crippen molar-refractivity contribution in [3.05, 3.63) is 59.3 Å². The van der Waals surface area contributed by atoms with Gasteiger partial charge < -0.3 is 5.32 Å². The fraction of sp³-hybridized carbons (Fsp3) is 0.227. The van der Waals surface area contributed by atoms with Crippen molar-refractivity contribution in [1.29, 1.82) is 0 Å². The van der Waals surface area contributed by atoms with E-state index < -0.39 is 0 Å². The minimum absolute atomic E-state index is 0.0900. The molecule has 164 valence electrons. The first-order chi connectivity index (χ1) is 15.6. The molecule has 0 saturated carbocycles. The van der Waals surface area contributed by atoms with E-state index in [-0.39, 0.29) is 30.1 Å². The second kappa shape index (κ2) is 10.8. The van der Waals surface area contributed by atoms with Crippen molar-refractivity contribution in [3.63, 3.8) is 0 Å². The summed E-state index contributed by atoms with van der Waals surface area (Å²) < 4.78 is 2.17. The lowest BCUT2D eigenvalue weighted by Crippen LogP contribution is -2.37. The average molecular weight is 485 g/mol. The summed E-state index contributed by atoms with van der Waals surface area (Å²) in [6.45, 7) is 0.392. The minimum atomic E-state index is -0.342. The Balaban J connectivity index is 1.16. The molecule has 0 radical (unpaired) electrons. The number of para-hydroxylation sites is 1. The van der Waals surface area contributed by atoms with Gasteiger partial charge in [0.1, 0.15) is 0 Å². The van der Waals surface area contributed by atoms with Gasteiger partial charge in [0, 0.05) is 37.7 Å². The van der Waals surface area contributed by atoms with Gasteiger partial charge in [0.25, 0.3) is 11.1 Å². The molecule has 0 spiro atoms. The summed E-state index contributed by atoms with van der Waals surface area (Å²) in [5, 5.41) is 2.46. The third kappa shape index (κ3) is 5.76. The normalized spacial score (nSPS) is 15.1. The summed E-state index contributed by atoms with van der Waals surface area (Å²) in [6, 6.07) is 11.6. The number of hydrogen-bond acceptors (Lipinski definition) is 8. The number of rotatable bonds is 9. The van der Waals surface area contributed by atoms with Crippen LogP contribution in [0.25, 0.3) is 16.3 Å². The van der Waals surface area contributed by atoms with Gasteiger partial charge in [0.05, 0.1) is 15.1 Å². The third-order valence-corrected chi connectivity index (χ3v) is 7.73. The number of hydrogen-bond donors (Lipinski definition) is 1. The van der Waals surface area contributed by atoms with Crippen LogP contribution in [0.1, 0.15) is 18.4 Å². The SMILES string of the molecule is O=C(CCCSc1nc2ccccc2s1)NCCN1C(=O)S/C(=C\c2cccnc2)C1=O. The number of amides is 3. The van der Waals surface area contributed by atoms with Crippen molar-refractivity contribution >= 4 is 68.2 Å². The highest BCUT2D eigenvalue weighted by molar-refractivity contribution is 8.18. The number of aromatic nitrogens is 2. The molecule has 3 amide bonds. The number of nitrogens with one attached hydrogen (secondary N) is 1. The minimum Gasteiger partial charge on any atom is -0.354 e. The summed E-state index contributed by atoms with van der Waals surface area (Å²) in [6.07, 6.45) is 6.04. The summed E-state index contributed by atoms with van der Waals surface area (Å²) in [4.78, 5) is 46.8. The zero-order valence-corrected chi connectivity index (χ0v) is 19.5. The molecule has 0 bridgehead atoms. The Bertz CT molecular complexity index is 1130. The molecule has 7 nitrogen and oxygen atoms in total. The lowest BCUT2D eigenvalue weighted by molar-refractivity contribution is -0.124. The number of carbonyl (C=O) groups excluding carboxylic acids is 3. The monoisotopic (exact) mass is 484 g/mol. The summed E-state index contributed by atoms with van der Waals surface area (Å²) in [5.74, 6) is 0.369. The highest BCUT2D eigenvalue weighted by atomic mass is 32.2. The van der Waals surface area contributed by atoms with Gasteiger partial charge >= 0.3 is 0 Å². The van der Waals surface area contributed by atoms with Crippen molar-refractivity contribution in [2.45, 2.75) is 17.2 Å². The van der Waals surface area contributed by atoms with E-state index in [4.69, 9.17) is 0 Å². The lowest BCUT2D eigenvalue weighted by Gasteiger charge is -2.12. The van der Waals surface area contributed by atoms with E-state index in [1.165, 1.54) is 0 Å². The fourth-order valence-corrected chi connectivity index (χ4v) is 5.95. The van der Waals surface area contributed by atoms with E-state index in [1.807, 2.05) is 24.3 Å². The molecule has 1 aromatic carbocycles. The largest absolute Gasteiger partial charge is 0.354 e. The summed E-state index contributed by atoms with van der Waals surface area (Å²) in [7, 11) is 0. The number of thiazole rings is 1. The first-order valence-corrected chi connectivity index (χ1v) is 12.6. The molecule has 3 aromatic rings. The molecule has 1 saturated heterocycles. The smallest absolute Gasteiger partial charge is 0.293 e. The van der Waals surface area contributed by atoms with Gasteiger partial charge in [0.2, 0.25) is 5.91 Å². The molecule has 1 N–H and O–H groups in total. The second-order valence-electron chi connectivity index (χ2n) is 6.87. The van der Waals surface area contributed by atoms with Crippen LogP contribution in [0, 0.1) is 0 Å². The number of thioether (sulfide) groups is 2.